The molecule has 0 bridgehead atoms. The van der Waals surface area contributed by atoms with Crippen LogP contribution in [0.3, 0.4) is 0 Å². The normalized spacial score (nSPS) is 12.4. The van der Waals surface area contributed by atoms with Crippen molar-refractivity contribution in [2.75, 3.05) is 21.1 Å². The summed E-state index contributed by atoms with van der Waals surface area (Å²) in [5.74, 6) is 0. The molecule has 0 unspecified atom stereocenters. The summed E-state index contributed by atoms with van der Waals surface area (Å²) in [5, 5.41) is 2.61. The summed E-state index contributed by atoms with van der Waals surface area (Å²) in [5.41, 5.74) is 3.74. The summed E-state index contributed by atoms with van der Waals surface area (Å²) in [4.78, 5) is 3.45. The minimum Gasteiger partial charge on any atom is -0.355 e. The Morgan fingerprint density at radius 3 is 2.29 bits per heavy atom. The van der Waals surface area contributed by atoms with Gasteiger partial charge in [-0.2, -0.15) is 0 Å². The van der Waals surface area contributed by atoms with Crippen molar-refractivity contribution in [3.63, 3.8) is 0 Å². The maximum Gasteiger partial charge on any atom is 0.132 e. The Hall–Kier alpha value is -1.80. The maximum absolute atomic E-state index is 3.45. The SMILES string of the molecule is C[N+](C)(C)c1ccc2[nH]c3ccccc3c2c1. The van der Waals surface area contributed by atoms with E-state index in [1.54, 1.807) is 0 Å². The summed E-state index contributed by atoms with van der Waals surface area (Å²) in [6, 6.07) is 15.1. The summed E-state index contributed by atoms with van der Waals surface area (Å²) in [7, 11) is 6.57. The van der Waals surface area contributed by atoms with E-state index in [0.29, 0.717) is 0 Å². The molecule has 3 rings (SSSR count). The molecule has 0 aliphatic rings. The quantitative estimate of drug-likeness (QED) is 0.610. The number of quaternary nitrogens is 1. The molecule has 1 aromatic heterocycles. The number of H-pyrrole nitrogens is 1. The van der Waals surface area contributed by atoms with Gasteiger partial charge in [-0.25, -0.2) is 0 Å². The molecule has 1 N–H and O–H groups in total. The molecule has 0 amide bonds. The van der Waals surface area contributed by atoms with Gasteiger partial charge in [-0.3, -0.25) is 4.48 Å². The van der Waals surface area contributed by atoms with Crippen molar-refractivity contribution in [1.29, 1.82) is 0 Å². The largest absolute Gasteiger partial charge is 0.355 e. The second kappa shape index (κ2) is 3.34. The van der Waals surface area contributed by atoms with Crippen LogP contribution in [0.15, 0.2) is 42.5 Å². The Bertz CT molecular complexity index is 687. The van der Waals surface area contributed by atoms with E-state index in [9.17, 15) is 0 Å². The molecule has 0 saturated carbocycles. The maximum atomic E-state index is 3.45. The number of hydrogen-bond donors (Lipinski definition) is 1. The number of rotatable bonds is 1. The Kier molecular flexibility index (Phi) is 2.04. The highest BCUT2D eigenvalue weighted by atomic mass is 15.3. The van der Waals surface area contributed by atoms with Crippen LogP contribution in [0.1, 0.15) is 0 Å². The molecule has 86 valence electrons. The minimum absolute atomic E-state index is 0.843. The third kappa shape index (κ3) is 1.61. The van der Waals surface area contributed by atoms with Crippen LogP contribution in [0.25, 0.3) is 21.8 Å². The molecule has 0 saturated heterocycles. The highest BCUT2D eigenvalue weighted by Gasteiger charge is 2.13. The van der Waals surface area contributed by atoms with E-state index in [1.165, 1.54) is 27.5 Å². The number of aromatic nitrogens is 1. The number of hydrogen-bond acceptors (Lipinski definition) is 0. The third-order valence-electron chi connectivity index (χ3n) is 3.26. The van der Waals surface area contributed by atoms with E-state index in [1.807, 2.05) is 0 Å². The molecule has 3 aromatic rings. The molecule has 0 aliphatic heterocycles. The first kappa shape index (κ1) is 10.4. The molecular formula is C15H17N2+. The lowest BCUT2D eigenvalue weighted by Crippen LogP contribution is -2.34. The molecule has 2 nitrogen and oxygen atoms in total. The van der Waals surface area contributed by atoms with Crippen molar-refractivity contribution >= 4 is 27.5 Å². The van der Waals surface area contributed by atoms with E-state index < -0.39 is 0 Å². The van der Waals surface area contributed by atoms with Crippen molar-refractivity contribution < 1.29 is 0 Å². The van der Waals surface area contributed by atoms with Crippen LogP contribution in [0, 0.1) is 0 Å². The number of fused-ring (bicyclic) bond motifs is 3. The zero-order valence-corrected chi connectivity index (χ0v) is 10.5. The first-order valence-electron chi connectivity index (χ1n) is 5.88. The molecule has 0 spiro atoms. The van der Waals surface area contributed by atoms with Crippen LogP contribution in [-0.4, -0.2) is 26.1 Å². The van der Waals surface area contributed by atoms with Gasteiger partial charge in [0.25, 0.3) is 0 Å². The smallest absolute Gasteiger partial charge is 0.132 e. The topological polar surface area (TPSA) is 15.8 Å². The molecule has 0 fully saturated rings. The second-order valence-corrected chi connectivity index (χ2v) is 5.41. The van der Waals surface area contributed by atoms with Gasteiger partial charge in [0.1, 0.15) is 5.69 Å². The zero-order valence-electron chi connectivity index (χ0n) is 10.5. The predicted octanol–water partition coefficient (Wildman–Crippen LogP) is 3.52. The van der Waals surface area contributed by atoms with Gasteiger partial charge in [-0.15, -0.1) is 0 Å². The fourth-order valence-corrected chi connectivity index (χ4v) is 2.25. The van der Waals surface area contributed by atoms with Crippen LogP contribution in [0.5, 0.6) is 0 Å². The number of benzene rings is 2. The van der Waals surface area contributed by atoms with Crippen LogP contribution < -0.4 is 4.48 Å². The van der Waals surface area contributed by atoms with Gasteiger partial charge in [0.15, 0.2) is 0 Å². The summed E-state index contributed by atoms with van der Waals surface area (Å²) < 4.78 is 0.843. The Labute approximate surface area is 101 Å². The van der Waals surface area contributed by atoms with E-state index in [0.717, 1.165) is 4.48 Å². The average Bonchev–Trinajstić information content (AvgIpc) is 2.65. The fourth-order valence-electron chi connectivity index (χ4n) is 2.25. The molecule has 2 aromatic carbocycles. The van der Waals surface area contributed by atoms with Gasteiger partial charge >= 0.3 is 0 Å². The van der Waals surface area contributed by atoms with Crippen LogP contribution in [0.4, 0.5) is 5.69 Å². The van der Waals surface area contributed by atoms with Crippen molar-refractivity contribution in [3.8, 4) is 0 Å². The monoisotopic (exact) mass is 225 g/mol. The number of aromatic amines is 1. The van der Waals surface area contributed by atoms with E-state index >= 15 is 0 Å². The van der Waals surface area contributed by atoms with E-state index in [-0.39, 0.29) is 0 Å². The van der Waals surface area contributed by atoms with Gasteiger partial charge in [-0.05, 0) is 12.1 Å². The molecule has 0 radical (unpaired) electrons. The van der Waals surface area contributed by atoms with Gasteiger partial charge in [0.05, 0.1) is 21.1 Å². The Balaban J connectivity index is 2.38. The van der Waals surface area contributed by atoms with Crippen LogP contribution in [0.2, 0.25) is 0 Å². The van der Waals surface area contributed by atoms with Crippen LogP contribution >= 0.6 is 0 Å². The van der Waals surface area contributed by atoms with Crippen molar-refractivity contribution in [2.45, 2.75) is 0 Å². The fraction of sp³-hybridized carbons (Fsp3) is 0.200. The van der Waals surface area contributed by atoms with Crippen LogP contribution in [-0.2, 0) is 0 Å². The number of nitrogens with zero attached hydrogens (tertiary/aromatic N) is 1. The molecule has 0 aliphatic carbocycles. The minimum atomic E-state index is 0.843. The van der Waals surface area contributed by atoms with Gasteiger partial charge < -0.3 is 4.98 Å². The van der Waals surface area contributed by atoms with Crippen molar-refractivity contribution in [1.82, 2.24) is 9.47 Å². The van der Waals surface area contributed by atoms with Crippen molar-refractivity contribution in [3.05, 3.63) is 42.5 Å². The molecule has 0 atom stereocenters. The van der Waals surface area contributed by atoms with Gasteiger partial charge in [-0.1, -0.05) is 18.2 Å². The lowest BCUT2D eigenvalue weighted by atomic mass is 10.1. The lowest BCUT2D eigenvalue weighted by molar-refractivity contribution is 0.487. The first-order valence-corrected chi connectivity index (χ1v) is 5.88. The van der Waals surface area contributed by atoms with Crippen molar-refractivity contribution in [2.24, 2.45) is 0 Å². The second-order valence-electron chi connectivity index (χ2n) is 5.41. The summed E-state index contributed by atoms with van der Waals surface area (Å²) in [6.45, 7) is 0. The Morgan fingerprint density at radius 1 is 0.824 bits per heavy atom. The van der Waals surface area contributed by atoms with E-state index in [2.05, 4.69) is 68.6 Å². The highest BCUT2D eigenvalue weighted by molar-refractivity contribution is 6.08. The average molecular weight is 225 g/mol. The summed E-state index contributed by atoms with van der Waals surface area (Å²) >= 11 is 0. The third-order valence-corrected chi connectivity index (χ3v) is 3.26. The van der Waals surface area contributed by atoms with Gasteiger partial charge in [0, 0.05) is 33.9 Å². The molecule has 17 heavy (non-hydrogen) atoms. The first-order chi connectivity index (χ1) is 8.05. The molecule has 2 heteroatoms. The number of nitrogens with one attached hydrogen (secondary N) is 1. The lowest BCUT2D eigenvalue weighted by Gasteiger charge is -2.23. The highest BCUT2D eigenvalue weighted by Crippen LogP contribution is 2.29. The Morgan fingerprint density at radius 2 is 1.53 bits per heavy atom. The van der Waals surface area contributed by atoms with E-state index in [4.69, 9.17) is 0 Å². The molecular weight excluding hydrogens is 208 g/mol. The predicted molar refractivity (Wildman–Crippen MR) is 75.4 cm³/mol. The zero-order chi connectivity index (χ0) is 12.0. The summed E-state index contributed by atoms with van der Waals surface area (Å²) in [6.07, 6.45) is 0. The van der Waals surface area contributed by atoms with Gasteiger partial charge in [0.2, 0.25) is 0 Å². The standard InChI is InChI=1S/C15H17N2/c1-17(2,3)11-8-9-15-13(10-11)12-6-4-5-7-14(12)16-15/h4-10,16H,1-3H3/q+1. The molecule has 1 heterocycles. The number of para-hydroxylation sites is 1.